The highest BCUT2D eigenvalue weighted by molar-refractivity contribution is 5.91. The van der Waals surface area contributed by atoms with Gasteiger partial charge in [0, 0.05) is 12.3 Å². The highest BCUT2D eigenvalue weighted by Gasteiger charge is 2.37. The summed E-state index contributed by atoms with van der Waals surface area (Å²) >= 11 is 0. The van der Waals surface area contributed by atoms with Crippen LogP contribution in [0.1, 0.15) is 17.3 Å². The van der Waals surface area contributed by atoms with Gasteiger partial charge >= 0.3 is 6.18 Å². The van der Waals surface area contributed by atoms with Crippen LogP contribution in [0.15, 0.2) is 18.3 Å². The molecular weight excluding hydrogens is 240 g/mol. The predicted octanol–water partition coefficient (Wildman–Crippen LogP) is 2.85. The molecule has 0 spiro atoms. The quantitative estimate of drug-likeness (QED) is 0.670. The average molecular weight is 246 g/mol. The van der Waals surface area contributed by atoms with Crippen LogP contribution in [0.25, 0.3) is 10.9 Å². The maximum Gasteiger partial charge on any atom is 0.419 e. The number of aromatic nitrogens is 2. The third-order valence-electron chi connectivity index (χ3n) is 2.28. The molecule has 0 saturated heterocycles. The summed E-state index contributed by atoms with van der Waals surface area (Å²) in [7, 11) is 0. The molecule has 0 aliphatic rings. The minimum absolute atomic E-state index is 0.0637. The summed E-state index contributed by atoms with van der Waals surface area (Å²) in [6.45, 7) is 1.16. The second-order valence-corrected chi connectivity index (χ2v) is 3.43. The van der Waals surface area contributed by atoms with Gasteiger partial charge in [0.2, 0.25) is 5.91 Å². The van der Waals surface area contributed by atoms with E-state index in [2.05, 4.69) is 5.10 Å². The maximum atomic E-state index is 13.2. The van der Waals surface area contributed by atoms with Crippen LogP contribution in [-0.4, -0.2) is 15.7 Å². The Morgan fingerprint density at radius 1 is 1.35 bits per heavy atom. The number of hydrogen-bond donors (Lipinski definition) is 0. The van der Waals surface area contributed by atoms with Crippen molar-refractivity contribution in [2.75, 3.05) is 0 Å². The summed E-state index contributed by atoms with van der Waals surface area (Å²) in [6, 6.07) is 1.76. The van der Waals surface area contributed by atoms with Gasteiger partial charge in [-0.05, 0) is 12.1 Å². The topological polar surface area (TPSA) is 34.9 Å². The fourth-order valence-electron chi connectivity index (χ4n) is 1.61. The maximum absolute atomic E-state index is 13.2. The van der Waals surface area contributed by atoms with Gasteiger partial charge < -0.3 is 0 Å². The molecule has 3 nitrogen and oxygen atoms in total. The van der Waals surface area contributed by atoms with Gasteiger partial charge in [0.1, 0.15) is 11.4 Å². The van der Waals surface area contributed by atoms with Crippen molar-refractivity contribution in [2.45, 2.75) is 13.1 Å². The Kier molecular flexibility index (Phi) is 2.41. The first-order chi connectivity index (χ1) is 7.82. The van der Waals surface area contributed by atoms with Crippen molar-refractivity contribution >= 4 is 16.8 Å². The minimum atomic E-state index is -4.83. The number of rotatable bonds is 0. The van der Waals surface area contributed by atoms with Crippen LogP contribution in [0.3, 0.4) is 0 Å². The lowest BCUT2D eigenvalue weighted by molar-refractivity contribution is -0.138. The van der Waals surface area contributed by atoms with Crippen LogP contribution >= 0.6 is 0 Å². The van der Waals surface area contributed by atoms with Crippen molar-refractivity contribution < 1.29 is 22.4 Å². The van der Waals surface area contributed by atoms with Crippen molar-refractivity contribution in [3.8, 4) is 0 Å². The van der Waals surface area contributed by atoms with Gasteiger partial charge in [-0.1, -0.05) is 0 Å². The van der Waals surface area contributed by atoms with Crippen LogP contribution < -0.4 is 0 Å². The van der Waals surface area contributed by atoms with Crippen molar-refractivity contribution in [3.63, 3.8) is 0 Å². The van der Waals surface area contributed by atoms with Gasteiger partial charge in [0.05, 0.1) is 11.7 Å². The Bertz CT molecular complexity index is 600. The first-order valence-corrected chi connectivity index (χ1v) is 4.56. The molecule has 0 atom stereocenters. The molecule has 0 fully saturated rings. The predicted molar refractivity (Wildman–Crippen MR) is 51.0 cm³/mol. The summed E-state index contributed by atoms with van der Waals surface area (Å²) < 4.78 is 51.9. The molecule has 1 aromatic carbocycles. The van der Waals surface area contributed by atoms with E-state index in [9.17, 15) is 22.4 Å². The molecule has 7 heteroatoms. The molecule has 2 aromatic rings. The number of nitrogens with zero attached hydrogens (tertiary/aromatic N) is 2. The number of halogens is 4. The Labute approximate surface area is 92.6 Å². The van der Waals surface area contributed by atoms with E-state index >= 15 is 0 Å². The van der Waals surface area contributed by atoms with Crippen molar-refractivity contribution in [2.24, 2.45) is 0 Å². The smallest absolute Gasteiger partial charge is 0.273 e. The fourth-order valence-corrected chi connectivity index (χ4v) is 1.61. The van der Waals surface area contributed by atoms with E-state index in [-0.39, 0.29) is 5.52 Å². The number of benzene rings is 1. The van der Waals surface area contributed by atoms with Gasteiger partial charge in [-0.15, -0.1) is 0 Å². The molecule has 0 radical (unpaired) electrons. The van der Waals surface area contributed by atoms with Crippen molar-refractivity contribution in [1.29, 1.82) is 0 Å². The third-order valence-corrected chi connectivity index (χ3v) is 2.28. The monoisotopic (exact) mass is 246 g/mol. The summed E-state index contributed by atoms with van der Waals surface area (Å²) in [6.07, 6.45) is -3.99. The van der Waals surface area contributed by atoms with E-state index in [0.29, 0.717) is 6.07 Å². The number of fused-ring (bicyclic) bond motifs is 1. The summed E-state index contributed by atoms with van der Waals surface area (Å²) in [5.41, 5.74) is -1.46. The number of carbonyl (C=O) groups is 1. The Hall–Kier alpha value is -1.92. The SMILES string of the molecule is CC(=O)n1ncc2c(C(F)(F)F)c(F)ccc21. The third kappa shape index (κ3) is 1.77. The summed E-state index contributed by atoms with van der Waals surface area (Å²) in [4.78, 5) is 11.1. The van der Waals surface area contributed by atoms with Crippen LogP contribution in [0.5, 0.6) is 0 Å². The lowest BCUT2D eigenvalue weighted by Crippen LogP contribution is -2.10. The zero-order valence-electron chi connectivity index (χ0n) is 8.55. The molecule has 90 valence electrons. The van der Waals surface area contributed by atoms with E-state index in [1.165, 1.54) is 0 Å². The standard InChI is InChI=1S/C10H6F4N2O/c1-5(17)16-8-3-2-7(11)9(10(12,13)14)6(8)4-15-16/h2-4H,1H3. The second-order valence-electron chi connectivity index (χ2n) is 3.43. The Morgan fingerprint density at radius 3 is 2.53 bits per heavy atom. The number of carbonyl (C=O) groups excluding carboxylic acids is 1. The van der Waals surface area contributed by atoms with Gasteiger partial charge in [0.25, 0.3) is 0 Å². The molecule has 0 bridgehead atoms. The second kappa shape index (κ2) is 3.54. The first-order valence-electron chi connectivity index (χ1n) is 4.56. The van der Waals surface area contributed by atoms with Gasteiger partial charge in [0.15, 0.2) is 0 Å². The lowest BCUT2D eigenvalue weighted by atomic mass is 10.1. The average Bonchev–Trinajstić information content (AvgIpc) is 2.58. The summed E-state index contributed by atoms with van der Waals surface area (Å²) in [5.74, 6) is -1.92. The zero-order valence-corrected chi connectivity index (χ0v) is 8.55. The Morgan fingerprint density at radius 2 is 2.00 bits per heavy atom. The molecule has 17 heavy (non-hydrogen) atoms. The molecule has 0 N–H and O–H groups in total. The molecule has 0 unspecified atom stereocenters. The zero-order chi connectivity index (χ0) is 12.8. The molecule has 0 aliphatic heterocycles. The molecule has 2 rings (SSSR count). The van der Waals surface area contributed by atoms with E-state index < -0.39 is 28.9 Å². The first kappa shape index (κ1) is 11.6. The van der Waals surface area contributed by atoms with Crippen molar-refractivity contribution in [3.05, 3.63) is 29.7 Å². The molecule has 0 saturated carbocycles. The normalized spacial score (nSPS) is 12.1. The lowest BCUT2D eigenvalue weighted by Gasteiger charge is -2.09. The molecular formula is C10H6F4N2O. The highest BCUT2D eigenvalue weighted by Crippen LogP contribution is 2.36. The minimum Gasteiger partial charge on any atom is -0.273 e. The molecule has 1 aromatic heterocycles. The van der Waals surface area contributed by atoms with E-state index in [1.807, 2.05) is 0 Å². The van der Waals surface area contributed by atoms with E-state index in [4.69, 9.17) is 0 Å². The van der Waals surface area contributed by atoms with Gasteiger partial charge in [-0.3, -0.25) is 4.79 Å². The number of hydrogen-bond acceptors (Lipinski definition) is 2. The van der Waals surface area contributed by atoms with Crippen LogP contribution in [0.2, 0.25) is 0 Å². The van der Waals surface area contributed by atoms with Gasteiger partial charge in [-0.2, -0.15) is 18.3 Å². The highest BCUT2D eigenvalue weighted by atomic mass is 19.4. The summed E-state index contributed by atoms with van der Waals surface area (Å²) in [5, 5.41) is 3.09. The fraction of sp³-hybridized carbons (Fsp3) is 0.200. The van der Waals surface area contributed by atoms with Crippen LogP contribution in [0.4, 0.5) is 17.6 Å². The number of alkyl halides is 3. The van der Waals surface area contributed by atoms with Crippen molar-refractivity contribution in [1.82, 2.24) is 9.78 Å². The molecule has 0 aliphatic carbocycles. The van der Waals surface area contributed by atoms with E-state index in [1.54, 1.807) is 0 Å². The van der Waals surface area contributed by atoms with Gasteiger partial charge in [-0.25, -0.2) is 9.07 Å². The molecule has 0 amide bonds. The molecule has 1 heterocycles. The van der Waals surface area contributed by atoms with Crippen LogP contribution in [0, 0.1) is 5.82 Å². The van der Waals surface area contributed by atoms with Crippen LogP contribution in [-0.2, 0) is 6.18 Å². The largest absolute Gasteiger partial charge is 0.419 e. The van der Waals surface area contributed by atoms with E-state index in [0.717, 1.165) is 23.9 Å². The Balaban J connectivity index is 2.84.